The van der Waals surface area contributed by atoms with Crippen molar-refractivity contribution in [2.45, 2.75) is 46.3 Å². The summed E-state index contributed by atoms with van der Waals surface area (Å²) in [6, 6.07) is 15.4. The van der Waals surface area contributed by atoms with E-state index in [1.54, 1.807) is 11.1 Å². The van der Waals surface area contributed by atoms with Gasteiger partial charge in [-0.25, -0.2) is 9.18 Å². The number of carbonyl (C=O) groups is 1. The van der Waals surface area contributed by atoms with Crippen molar-refractivity contribution in [1.82, 2.24) is 19.4 Å². The highest BCUT2D eigenvalue weighted by atomic mass is 19.1. The Morgan fingerprint density at radius 2 is 1.91 bits per heavy atom. The minimum atomic E-state index is -0.596. The van der Waals surface area contributed by atoms with Gasteiger partial charge >= 0.3 is 5.69 Å². The molecule has 228 valence electrons. The summed E-state index contributed by atoms with van der Waals surface area (Å²) in [5, 5.41) is 2.36. The van der Waals surface area contributed by atoms with Gasteiger partial charge < -0.3 is 14.5 Å². The Balaban J connectivity index is 1.57. The highest BCUT2D eigenvalue weighted by Crippen LogP contribution is 2.47. The molecule has 0 bridgehead atoms. The summed E-state index contributed by atoms with van der Waals surface area (Å²) in [7, 11) is 0. The predicted molar refractivity (Wildman–Crippen MR) is 175 cm³/mol. The molecule has 4 heterocycles. The molecule has 0 N–H and O–H groups in total. The molecule has 1 amide bonds. The largest absolute Gasteiger partial charge is 0.488 e. The number of amides is 1. The summed E-state index contributed by atoms with van der Waals surface area (Å²) >= 11 is 0. The van der Waals surface area contributed by atoms with Gasteiger partial charge in [0, 0.05) is 42.8 Å². The number of nitrogens with zero attached hydrogens (tertiary/aromatic N) is 5. The number of pyridine rings is 1. The topological polar surface area (TPSA) is 80.6 Å². The van der Waals surface area contributed by atoms with Gasteiger partial charge in [0.05, 0.1) is 22.5 Å². The van der Waals surface area contributed by atoms with Crippen LogP contribution in [-0.2, 0) is 11.4 Å². The number of hydrogen-bond donors (Lipinski definition) is 0. The van der Waals surface area contributed by atoms with Gasteiger partial charge in [-0.3, -0.25) is 14.3 Å². The smallest absolute Gasteiger partial charge is 0.354 e. The highest BCUT2D eigenvalue weighted by molar-refractivity contribution is 6.05. The van der Waals surface area contributed by atoms with Crippen molar-refractivity contribution in [3.05, 3.63) is 101 Å². The molecule has 1 fully saturated rings. The van der Waals surface area contributed by atoms with Crippen LogP contribution in [0.4, 0.5) is 10.2 Å². The quantitative estimate of drug-likeness (QED) is 0.225. The third-order valence-corrected chi connectivity index (χ3v) is 9.02. The Morgan fingerprint density at radius 1 is 1.11 bits per heavy atom. The molecule has 45 heavy (non-hydrogen) atoms. The molecule has 0 spiro atoms. The Labute approximate surface area is 260 Å². The van der Waals surface area contributed by atoms with E-state index in [1.165, 1.54) is 10.6 Å². The average Bonchev–Trinajstić information content (AvgIpc) is 3.04. The summed E-state index contributed by atoms with van der Waals surface area (Å²) in [6.45, 7) is 13.0. The molecule has 0 radical (unpaired) electrons. The molecule has 1 atom stereocenters. The number of aryl methyl sites for hydroxylation is 1. The van der Waals surface area contributed by atoms with E-state index >= 15 is 4.39 Å². The number of carbonyl (C=O) groups excluding carboxylic acids is 1. The van der Waals surface area contributed by atoms with E-state index in [4.69, 9.17) is 4.74 Å². The molecule has 9 heteroatoms. The van der Waals surface area contributed by atoms with E-state index in [2.05, 4.69) is 16.5 Å². The summed E-state index contributed by atoms with van der Waals surface area (Å²) in [5.74, 6) is 0.0306. The number of ether oxygens (including phenoxy) is 1. The number of piperazine rings is 1. The molecule has 2 aromatic heterocycles. The molecule has 7 rings (SSSR count). The standard InChI is InChI=1S/C36H34FN5O3/c1-6-28(43)40-15-16-41(22(5)18-40)35-26-17-27-30(29-24(19-45-27)12-11-23-9-7-8-10-25(23)29)31(37)34(26)42(36(44)39-35)33-21(4)13-14-38-32(33)20(2)3/h6-14,17,20,22H,1,15-16,18-19H2,2-5H3/t22-/m0/s1. The maximum absolute atomic E-state index is 17.6. The van der Waals surface area contributed by atoms with Gasteiger partial charge in [0.15, 0.2) is 5.82 Å². The zero-order valence-corrected chi connectivity index (χ0v) is 25.8. The van der Waals surface area contributed by atoms with Crippen molar-refractivity contribution in [3.8, 4) is 22.6 Å². The maximum Gasteiger partial charge on any atom is 0.354 e. The summed E-state index contributed by atoms with van der Waals surface area (Å²) in [6.07, 6.45) is 3.02. The molecule has 3 aromatic carbocycles. The molecule has 2 aliphatic rings. The van der Waals surface area contributed by atoms with E-state index in [0.29, 0.717) is 60.1 Å². The maximum atomic E-state index is 17.6. The Morgan fingerprint density at radius 3 is 2.67 bits per heavy atom. The first kappa shape index (κ1) is 28.7. The van der Waals surface area contributed by atoms with Crippen molar-refractivity contribution in [1.29, 1.82) is 0 Å². The minimum Gasteiger partial charge on any atom is -0.488 e. The normalized spacial score (nSPS) is 16.1. The minimum absolute atomic E-state index is 0.0364. The molecular formula is C36H34FN5O3. The number of hydrogen-bond acceptors (Lipinski definition) is 6. The first-order chi connectivity index (χ1) is 21.7. The van der Waals surface area contributed by atoms with E-state index in [-0.39, 0.29) is 23.4 Å². The zero-order valence-electron chi connectivity index (χ0n) is 25.8. The number of anilines is 1. The monoisotopic (exact) mass is 603 g/mol. The van der Waals surface area contributed by atoms with Crippen molar-refractivity contribution in [2.24, 2.45) is 0 Å². The number of fused-ring (bicyclic) bond motifs is 6. The van der Waals surface area contributed by atoms with Crippen LogP contribution in [0.25, 0.3) is 38.5 Å². The number of benzene rings is 3. The lowest BCUT2D eigenvalue weighted by Crippen LogP contribution is -2.54. The van der Waals surface area contributed by atoms with Gasteiger partial charge in [-0.05, 0) is 59.9 Å². The lowest BCUT2D eigenvalue weighted by Gasteiger charge is -2.40. The van der Waals surface area contributed by atoms with E-state index < -0.39 is 11.5 Å². The number of halogens is 1. The van der Waals surface area contributed by atoms with Crippen LogP contribution >= 0.6 is 0 Å². The molecule has 0 saturated carbocycles. The molecule has 2 aliphatic heterocycles. The fourth-order valence-electron chi connectivity index (χ4n) is 6.85. The van der Waals surface area contributed by atoms with Gasteiger partial charge in [-0.2, -0.15) is 4.98 Å². The molecule has 5 aromatic rings. The molecule has 8 nitrogen and oxygen atoms in total. The summed E-state index contributed by atoms with van der Waals surface area (Å²) in [5.41, 5.74) is 3.50. The highest BCUT2D eigenvalue weighted by Gasteiger charge is 2.33. The van der Waals surface area contributed by atoms with Crippen LogP contribution in [0.5, 0.6) is 5.75 Å². The van der Waals surface area contributed by atoms with Crippen molar-refractivity contribution in [3.63, 3.8) is 0 Å². The van der Waals surface area contributed by atoms with Crippen molar-refractivity contribution >= 4 is 33.4 Å². The Kier molecular flexibility index (Phi) is 6.91. The number of rotatable bonds is 4. The van der Waals surface area contributed by atoms with Crippen LogP contribution in [0, 0.1) is 12.7 Å². The van der Waals surface area contributed by atoms with Crippen LogP contribution < -0.4 is 15.3 Å². The molecular weight excluding hydrogens is 569 g/mol. The zero-order chi connectivity index (χ0) is 31.6. The average molecular weight is 604 g/mol. The lowest BCUT2D eigenvalue weighted by atomic mass is 9.90. The fraction of sp³-hybridized carbons (Fsp3) is 0.278. The second kappa shape index (κ2) is 10.8. The lowest BCUT2D eigenvalue weighted by molar-refractivity contribution is -0.126. The number of aromatic nitrogens is 3. The predicted octanol–water partition coefficient (Wildman–Crippen LogP) is 6.29. The third kappa shape index (κ3) is 4.48. The van der Waals surface area contributed by atoms with Crippen LogP contribution in [0.2, 0.25) is 0 Å². The van der Waals surface area contributed by atoms with Gasteiger partial charge in [0.25, 0.3) is 0 Å². The van der Waals surface area contributed by atoms with Crippen LogP contribution in [0.15, 0.2) is 72.2 Å². The second-order valence-electron chi connectivity index (χ2n) is 12.2. The second-order valence-corrected chi connectivity index (χ2v) is 12.2. The van der Waals surface area contributed by atoms with Gasteiger partial charge in [-0.1, -0.05) is 56.8 Å². The molecule has 0 aliphatic carbocycles. The fourth-order valence-corrected chi connectivity index (χ4v) is 6.85. The van der Waals surface area contributed by atoms with E-state index in [9.17, 15) is 9.59 Å². The van der Waals surface area contributed by atoms with Gasteiger partial charge in [-0.15, -0.1) is 0 Å². The van der Waals surface area contributed by atoms with Crippen molar-refractivity contribution in [2.75, 3.05) is 24.5 Å². The van der Waals surface area contributed by atoms with Crippen LogP contribution in [0.3, 0.4) is 0 Å². The SMILES string of the molecule is C=CC(=O)N1CCN(c2nc(=O)n(-c3c(C)ccnc3C(C)C)c3c(F)c4c(cc23)OCc2ccc3ccccc3c2-4)[C@@H](C)C1. The molecule has 0 unspecified atom stereocenters. The van der Waals surface area contributed by atoms with Gasteiger partial charge in [0.2, 0.25) is 5.91 Å². The van der Waals surface area contributed by atoms with Crippen molar-refractivity contribution < 1.29 is 13.9 Å². The van der Waals surface area contributed by atoms with Crippen LogP contribution in [0.1, 0.15) is 43.5 Å². The Hall–Kier alpha value is -5.05. The van der Waals surface area contributed by atoms with E-state index in [0.717, 1.165) is 27.5 Å². The van der Waals surface area contributed by atoms with Crippen LogP contribution in [-0.4, -0.2) is 51.0 Å². The summed E-state index contributed by atoms with van der Waals surface area (Å²) < 4.78 is 25.3. The van der Waals surface area contributed by atoms with Gasteiger partial charge in [0.1, 0.15) is 18.2 Å². The first-order valence-electron chi connectivity index (χ1n) is 15.3. The molecule has 1 saturated heterocycles. The van der Waals surface area contributed by atoms with E-state index in [1.807, 2.05) is 81.1 Å². The summed E-state index contributed by atoms with van der Waals surface area (Å²) in [4.78, 5) is 39.6. The Bertz CT molecular complexity index is 2100. The first-order valence-corrected chi connectivity index (χ1v) is 15.3. The third-order valence-electron chi connectivity index (χ3n) is 9.02.